The Morgan fingerprint density at radius 1 is 1.32 bits per heavy atom. The number of carbonyl (C=O) groups is 1. The summed E-state index contributed by atoms with van der Waals surface area (Å²) in [7, 11) is 0. The zero-order valence-corrected chi connectivity index (χ0v) is 13.5. The van der Waals surface area contributed by atoms with Crippen LogP contribution in [0.2, 0.25) is 0 Å². The van der Waals surface area contributed by atoms with Gasteiger partial charge in [-0.15, -0.1) is 0 Å². The number of H-pyrrole nitrogens is 1. The Kier molecular flexibility index (Phi) is 4.66. The lowest BCUT2D eigenvalue weighted by atomic mass is 9.86. The Hall–Kier alpha value is -2.14. The molecule has 2 aromatic rings. The van der Waals surface area contributed by atoms with Crippen LogP contribution < -0.4 is 5.32 Å². The van der Waals surface area contributed by atoms with E-state index in [1.165, 1.54) is 11.8 Å². The highest BCUT2D eigenvalue weighted by Crippen LogP contribution is 2.23. The van der Waals surface area contributed by atoms with Crippen LogP contribution in [0.15, 0.2) is 30.5 Å². The molecule has 0 saturated carbocycles. The quantitative estimate of drug-likeness (QED) is 0.812. The molecule has 0 bridgehead atoms. The van der Waals surface area contributed by atoms with Gasteiger partial charge >= 0.3 is 0 Å². The van der Waals surface area contributed by atoms with Crippen molar-refractivity contribution in [1.82, 2.24) is 15.5 Å². The van der Waals surface area contributed by atoms with Crippen LogP contribution in [0.5, 0.6) is 0 Å². The molecule has 2 rings (SSSR count). The summed E-state index contributed by atoms with van der Waals surface area (Å²) >= 11 is 0. The largest absolute Gasteiger partial charge is 0.387 e. The Bertz CT molecular complexity index is 639. The van der Waals surface area contributed by atoms with Gasteiger partial charge in [0, 0.05) is 12.2 Å². The highest BCUT2D eigenvalue weighted by molar-refractivity contribution is 5.94. The summed E-state index contributed by atoms with van der Waals surface area (Å²) in [6.07, 6.45) is 0.750. The van der Waals surface area contributed by atoms with Gasteiger partial charge in [-0.1, -0.05) is 45.0 Å². The number of aromatic nitrogens is 2. The minimum absolute atomic E-state index is 0.0799. The standard InChI is InChI=1S/C17H23N3O2/c1-11-14(9-19-20-11)16(22)18-10-15(21)12-5-7-13(8-6-12)17(2,3)4/h5-9,15,21H,10H2,1-4H3,(H,18,22)(H,19,20). The molecule has 1 heterocycles. The molecule has 1 aromatic carbocycles. The lowest BCUT2D eigenvalue weighted by Gasteiger charge is -2.20. The van der Waals surface area contributed by atoms with Crippen LogP contribution >= 0.6 is 0 Å². The number of nitrogens with zero attached hydrogens (tertiary/aromatic N) is 1. The number of hydrogen-bond acceptors (Lipinski definition) is 3. The van der Waals surface area contributed by atoms with Crippen molar-refractivity contribution in [3.8, 4) is 0 Å². The first-order valence-corrected chi connectivity index (χ1v) is 7.35. The SMILES string of the molecule is Cc1[nH]ncc1C(=O)NCC(O)c1ccc(C(C)(C)C)cc1. The Labute approximate surface area is 130 Å². The Morgan fingerprint density at radius 2 is 1.95 bits per heavy atom. The first-order valence-electron chi connectivity index (χ1n) is 7.35. The van der Waals surface area contributed by atoms with Crippen molar-refractivity contribution in [2.24, 2.45) is 0 Å². The minimum Gasteiger partial charge on any atom is -0.387 e. The lowest BCUT2D eigenvalue weighted by molar-refractivity contribution is 0.0915. The van der Waals surface area contributed by atoms with Gasteiger partial charge in [0.05, 0.1) is 17.9 Å². The number of aliphatic hydroxyl groups is 1. The van der Waals surface area contributed by atoms with Gasteiger partial charge < -0.3 is 10.4 Å². The number of aliphatic hydroxyl groups excluding tert-OH is 1. The molecule has 0 saturated heterocycles. The van der Waals surface area contributed by atoms with Crippen LogP contribution in [0, 0.1) is 6.92 Å². The molecule has 0 aliphatic carbocycles. The minimum atomic E-state index is -0.731. The van der Waals surface area contributed by atoms with Crippen molar-refractivity contribution in [2.75, 3.05) is 6.54 Å². The van der Waals surface area contributed by atoms with E-state index < -0.39 is 6.10 Å². The third kappa shape index (κ3) is 3.74. The maximum atomic E-state index is 12.0. The highest BCUT2D eigenvalue weighted by Gasteiger charge is 2.16. The molecule has 0 aliphatic heterocycles. The van der Waals surface area contributed by atoms with Gasteiger partial charge in [0.2, 0.25) is 0 Å². The summed E-state index contributed by atoms with van der Waals surface area (Å²) in [5.41, 5.74) is 3.28. The predicted octanol–water partition coefficient (Wildman–Crippen LogP) is 2.48. The van der Waals surface area contributed by atoms with E-state index in [0.29, 0.717) is 11.3 Å². The van der Waals surface area contributed by atoms with Gasteiger partial charge in [-0.3, -0.25) is 9.89 Å². The van der Waals surface area contributed by atoms with Crippen molar-refractivity contribution in [1.29, 1.82) is 0 Å². The van der Waals surface area contributed by atoms with Crippen molar-refractivity contribution in [2.45, 2.75) is 39.2 Å². The Morgan fingerprint density at radius 3 is 2.45 bits per heavy atom. The second-order valence-electron chi connectivity index (χ2n) is 6.51. The van der Waals surface area contributed by atoms with Gasteiger partial charge in [0.25, 0.3) is 5.91 Å². The highest BCUT2D eigenvalue weighted by atomic mass is 16.3. The molecular weight excluding hydrogens is 278 g/mol. The second kappa shape index (κ2) is 6.32. The number of aryl methyl sites for hydroxylation is 1. The number of benzene rings is 1. The van der Waals surface area contributed by atoms with E-state index in [9.17, 15) is 9.90 Å². The average Bonchev–Trinajstić information content (AvgIpc) is 2.90. The summed E-state index contributed by atoms with van der Waals surface area (Å²) in [5.74, 6) is -0.239. The van der Waals surface area contributed by atoms with E-state index in [1.807, 2.05) is 24.3 Å². The zero-order valence-electron chi connectivity index (χ0n) is 13.5. The molecule has 5 nitrogen and oxygen atoms in total. The second-order valence-corrected chi connectivity index (χ2v) is 6.51. The van der Waals surface area contributed by atoms with Crippen LogP contribution in [-0.2, 0) is 5.41 Å². The normalized spacial score (nSPS) is 13.0. The van der Waals surface area contributed by atoms with Crippen LogP contribution in [0.4, 0.5) is 0 Å². The molecule has 3 N–H and O–H groups in total. The van der Waals surface area contributed by atoms with E-state index in [-0.39, 0.29) is 17.9 Å². The first kappa shape index (κ1) is 16.2. The van der Waals surface area contributed by atoms with Crippen LogP contribution in [0.1, 0.15) is 54.1 Å². The first-order chi connectivity index (χ1) is 10.3. The predicted molar refractivity (Wildman–Crippen MR) is 85.8 cm³/mol. The molecular formula is C17H23N3O2. The molecule has 118 valence electrons. The summed E-state index contributed by atoms with van der Waals surface area (Å²) in [5, 5.41) is 19.4. The number of rotatable bonds is 4. The molecule has 0 radical (unpaired) electrons. The van der Waals surface area contributed by atoms with Crippen molar-refractivity contribution in [3.05, 3.63) is 52.8 Å². The molecule has 22 heavy (non-hydrogen) atoms. The molecule has 1 unspecified atom stereocenters. The molecule has 1 aromatic heterocycles. The lowest BCUT2D eigenvalue weighted by Crippen LogP contribution is -2.28. The van der Waals surface area contributed by atoms with Gasteiger partial charge in [0.1, 0.15) is 0 Å². The van der Waals surface area contributed by atoms with Crippen LogP contribution in [0.3, 0.4) is 0 Å². The molecule has 1 atom stereocenters. The van der Waals surface area contributed by atoms with Gasteiger partial charge in [0.15, 0.2) is 0 Å². The number of aromatic amines is 1. The molecule has 0 fully saturated rings. The van der Waals surface area contributed by atoms with Crippen LogP contribution in [0.25, 0.3) is 0 Å². The monoisotopic (exact) mass is 301 g/mol. The summed E-state index contributed by atoms with van der Waals surface area (Å²) in [6, 6.07) is 7.84. The smallest absolute Gasteiger partial charge is 0.254 e. The fraction of sp³-hybridized carbons (Fsp3) is 0.412. The molecule has 0 spiro atoms. The zero-order chi connectivity index (χ0) is 16.3. The van der Waals surface area contributed by atoms with Gasteiger partial charge in [-0.05, 0) is 23.5 Å². The van der Waals surface area contributed by atoms with Gasteiger partial charge in [-0.2, -0.15) is 5.10 Å². The number of carbonyl (C=O) groups excluding carboxylic acids is 1. The summed E-state index contributed by atoms with van der Waals surface area (Å²) < 4.78 is 0. The molecule has 1 amide bonds. The van der Waals surface area contributed by atoms with Crippen molar-refractivity contribution in [3.63, 3.8) is 0 Å². The van der Waals surface area contributed by atoms with Gasteiger partial charge in [-0.25, -0.2) is 0 Å². The maximum Gasteiger partial charge on any atom is 0.254 e. The number of hydrogen-bond donors (Lipinski definition) is 3. The van der Waals surface area contributed by atoms with Crippen LogP contribution in [-0.4, -0.2) is 27.8 Å². The van der Waals surface area contributed by atoms with E-state index >= 15 is 0 Å². The average molecular weight is 301 g/mol. The van der Waals surface area contributed by atoms with E-state index in [0.717, 1.165) is 5.56 Å². The van der Waals surface area contributed by atoms with E-state index in [4.69, 9.17) is 0 Å². The molecule has 0 aliphatic rings. The number of amides is 1. The number of nitrogens with one attached hydrogen (secondary N) is 2. The third-order valence-electron chi connectivity index (χ3n) is 3.69. The topological polar surface area (TPSA) is 78.0 Å². The fourth-order valence-electron chi connectivity index (χ4n) is 2.19. The third-order valence-corrected chi connectivity index (χ3v) is 3.69. The summed E-state index contributed by atoms with van der Waals surface area (Å²) in [6.45, 7) is 8.38. The maximum absolute atomic E-state index is 12.0. The van der Waals surface area contributed by atoms with Crippen molar-refractivity contribution < 1.29 is 9.90 Å². The van der Waals surface area contributed by atoms with E-state index in [1.54, 1.807) is 6.92 Å². The van der Waals surface area contributed by atoms with Crippen molar-refractivity contribution >= 4 is 5.91 Å². The Balaban J connectivity index is 1.96. The fourth-order valence-corrected chi connectivity index (χ4v) is 2.19. The molecule has 5 heteroatoms. The summed E-state index contributed by atoms with van der Waals surface area (Å²) in [4.78, 5) is 12.0. The van der Waals surface area contributed by atoms with E-state index in [2.05, 4.69) is 36.3 Å².